The highest BCUT2D eigenvalue weighted by Gasteiger charge is 2.47. The van der Waals surface area contributed by atoms with Crippen LogP contribution in [-0.2, 0) is 16.6 Å². The summed E-state index contributed by atoms with van der Waals surface area (Å²) >= 11 is 5.88. The van der Waals surface area contributed by atoms with Crippen molar-refractivity contribution in [2.24, 2.45) is 5.92 Å². The van der Waals surface area contributed by atoms with Crippen molar-refractivity contribution in [2.45, 2.75) is 19.5 Å². The molecule has 0 aromatic heterocycles. The lowest BCUT2D eigenvalue weighted by Gasteiger charge is -2.43. The van der Waals surface area contributed by atoms with E-state index >= 15 is 0 Å². The first-order valence-corrected chi connectivity index (χ1v) is 8.94. The number of likely N-dealkylation sites (tertiary alicyclic amines) is 1. The summed E-state index contributed by atoms with van der Waals surface area (Å²) in [6.07, 6.45) is 0. The first-order chi connectivity index (χ1) is 9.49. The van der Waals surface area contributed by atoms with Crippen molar-refractivity contribution in [3.05, 3.63) is 34.9 Å². The normalized spacial score (nSPS) is 27.3. The van der Waals surface area contributed by atoms with E-state index in [2.05, 4.69) is 4.90 Å². The first kappa shape index (κ1) is 14.3. The van der Waals surface area contributed by atoms with Gasteiger partial charge in [-0.3, -0.25) is 4.90 Å². The molecule has 0 N–H and O–H groups in total. The standard InChI is InChI=1S/C14H19ClN2O2S/c1-2-20(18,19)17-9-12-8-16(14(12)10-17)7-11-3-5-13(15)6-4-11/h3-6,12,14H,2,7-10H2,1H3. The van der Waals surface area contributed by atoms with Gasteiger partial charge in [-0.25, -0.2) is 8.42 Å². The largest absolute Gasteiger partial charge is 0.294 e. The second-order valence-corrected chi connectivity index (χ2v) is 8.29. The Hall–Kier alpha value is -0.620. The van der Waals surface area contributed by atoms with Crippen molar-refractivity contribution in [3.63, 3.8) is 0 Å². The van der Waals surface area contributed by atoms with Gasteiger partial charge in [-0.05, 0) is 24.6 Å². The zero-order valence-corrected chi connectivity index (χ0v) is 13.1. The van der Waals surface area contributed by atoms with Gasteiger partial charge >= 0.3 is 0 Å². The van der Waals surface area contributed by atoms with E-state index in [1.54, 1.807) is 11.2 Å². The molecule has 2 atom stereocenters. The summed E-state index contributed by atoms with van der Waals surface area (Å²) in [5, 5.41) is 0.747. The number of halogens is 1. The van der Waals surface area contributed by atoms with Crippen LogP contribution < -0.4 is 0 Å². The molecule has 2 saturated heterocycles. The third-order valence-corrected chi connectivity index (χ3v) is 6.43. The van der Waals surface area contributed by atoms with E-state index in [4.69, 9.17) is 11.6 Å². The molecule has 2 unspecified atom stereocenters. The van der Waals surface area contributed by atoms with Gasteiger partial charge in [0.1, 0.15) is 0 Å². The lowest BCUT2D eigenvalue weighted by atomic mass is 9.91. The highest BCUT2D eigenvalue weighted by molar-refractivity contribution is 7.89. The highest BCUT2D eigenvalue weighted by Crippen LogP contribution is 2.34. The van der Waals surface area contributed by atoms with Gasteiger partial charge in [-0.15, -0.1) is 0 Å². The fraction of sp³-hybridized carbons (Fsp3) is 0.571. The van der Waals surface area contributed by atoms with E-state index in [0.717, 1.165) is 18.1 Å². The van der Waals surface area contributed by atoms with Gasteiger partial charge < -0.3 is 0 Å². The first-order valence-electron chi connectivity index (χ1n) is 6.96. The molecule has 0 aliphatic carbocycles. The van der Waals surface area contributed by atoms with Crippen LogP contribution in [0.3, 0.4) is 0 Å². The lowest BCUT2D eigenvalue weighted by molar-refractivity contribution is 0.0435. The SMILES string of the molecule is CCS(=O)(=O)N1CC2CN(Cc3ccc(Cl)cc3)C2C1. The van der Waals surface area contributed by atoms with Crippen LogP contribution >= 0.6 is 11.6 Å². The van der Waals surface area contributed by atoms with Crippen LogP contribution in [0.1, 0.15) is 12.5 Å². The summed E-state index contributed by atoms with van der Waals surface area (Å²) < 4.78 is 25.5. The highest BCUT2D eigenvalue weighted by atomic mass is 35.5. The number of hydrogen-bond acceptors (Lipinski definition) is 3. The molecular formula is C14H19ClN2O2S. The van der Waals surface area contributed by atoms with Crippen LogP contribution in [0, 0.1) is 5.92 Å². The molecule has 0 spiro atoms. The Morgan fingerprint density at radius 1 is 1.20 bits per heavy atom. The van der Waals surface area contributed by atoms with Crippen LogP contribution in [0.25, 0.3) is 0 Å². The Bertz CT molecular complexity index is 588. The summed E-state index contributed by atoms with van der Waals surface area (Å²) in [4.78, 5) is 2.36. The molecule has 6 heteroatoms. The second-order valence-electron chi connectivity index (χ2n) is 5.60. The Balaban J connectivity index is 1.62. The Labute approximate surface area is 125 Å². The van der Waals surface area contributed by atoms with E-state index in [1.165, 1.54) is 5.56 Å². The van der Waals surface area contributed by atoms with Crippen LogP contribution in [0.15, 0.2) is 24.3 Å². The molecule has 1 aromatic carbocycles. The third-order valence-electron chi connectivity index (χ3n) is 4.37. The minimum atomic E-state index is -3.04. The predicted octanol–water partition coefficient (Wildman–Crippen LogP) is 1.81. The summed E-state index contributed by atoms with van der Waals surface area (Å²) in [7, 11) is -3.04. The second kappa shape index (κ2) is 5.30. The van der Waals surface area contributed by atoms with Crippen LogP contribution in [0.5, 0.6) is 0 Å². The Kier molecular flexibility index (Phi) is 3.79. The Morgan fingerprint density at radius 2 is 1.90 bits per heavy atom. The lowest BCUT2D eigenvalue weighted by Crippen LogP contribution is -2.54. The maximum absolute atomic E-state index is 11.9. The van der Waals surface area contributed by atoms with Gasteiger partial charge in [0.25, 0.3) is 0 Å². The number of nitrogens with zero attached hydrogens (tertiary/aromatic N) is 2. The summed E-state index contributed by atoms with van der Waals surface area (Å²) in [5.74, 6) is 0.701. The van der Waals surface area contributed by atoms with Crippen molar-refractivity contribution >= 4 is 21.6 Å². The van der Waals surface area contributed by atoms with Gasteiger partial charge in [0.15, 0.2) is 0 Å². The number of benzene rings is 1. The number of sulfonamides is 1. The molecule has 4 nitrogen and oxygen atoms in total. The summed E-state index contributed by atoms with van der Waals surface area (Å²) in [6.45, 7) is 4.91. The minimum Gasteiger partial charge on any atom is -0.294 e. The molecule has 0 bridgehead atoms. The van der Waals surface area contributed by atoms with Crippen molar-refractivity contribution in [1.29, 1.82) is 0 Å². The molecule has 20 heavy (non-hydrogen) atoms. The van der Waals surface area contributed by atoms with E-state index in [9.17, 15) is 8.42 Å². The smallest absolute Gasteiger partial charge is 0.213 e. The quantitative estimate of drug-likeness (QED) is 0.851. The van der Waals surface area contributed by atoms with Gasteiger partial charge in [-0.2, -0.15) is 4.31 Å². The van der Waals surface area contributed by atoms with Crippen molar-refractivity contribution in [2.75, 3.05) is 25.4 Å². The predicted molar refractivity (Wildman–Crippen MR) is 80.2 cm³/mol. The fourth-order valence-corrected chi connectivity index (χ4v) is 4.41. The maximum atomic E-state index is 11.9. The minimum absolute atomic E-state index is 0.198. The molecule has 2 fully saturated rings. The van der Waals surface area contributed by atoms with Crippen molar-refractivity contribution in [3.8, 4) is 0 Å². The molecule has 2 aliphatic rings. The van der Waals surface area contributed by atoms with Gasteiger partial charge in [0.05, 0.1) is 5.75 Å². The van der Waals surface area contributed by atoms with E-state index in [0.29, 0.717) is 25.0 Å². The van der Waals surface area contributed by atoms with E-state index < -0.39 is 10.0 Å². The molecular weight excluding hydrogens is 296 g/mol. The van der Waals surface area contributed by atoms with Crippen LogP contribution in [0.4, 0.5) is 0 Å². The van der Waals surface area contributed by atoms with Gasteiger partial charge in [0, 0.05) is 43.2 Å². The molecule has 110 valence electrons. The molecule has 2 aliphatic heterocycles. The third kappa shape index (κ3) is 2.60. The van der Waals surface area contributed by atoms with Crippen molar-refractivity contribution in [1.82, 2.24) is 9.21 Å². The topological polar surface area (TPSA) is 40.6 Å². The molecule has 3 rings (SSSR count). The molecule has 0 radical (unpaired) electrons. The average Bonchev–Trinajstić information content (AvgIpc) is 2.76. The van der Waals surface area contributed by atoms with Crippen LogP contribution in [0.2, 0.25) is 5.02 Å². The van der Waals surface area contributed by atoms with Gasteiger partial charge in [-0.1, -0.05) is 23.7 Å². The zero-order chi connectivity index (χ0) is 14.3. The number of rotatable bonds is 4. The Morgan fingerprint density at radius 3 is 2.55 bits per heavy atom. The number of fused-ring (bicyclic) bond motifs is 1. The summed E-state index contributed by atoms with van der Waals surface area (Å²) in [6, 6.07) is 8.25. The fourth-order valence-electron chi connectivity index (χ4n) is 3.12. The monoisotopic (exact) mass is 314 g/mol. The molecule has 0 amide bonds. The zero-order valence-electron chi connectivity index (χ0n) is 11.5. The van der Waals surface area contributed by atoms with E-state index in [-0.39, 0.29) is 5.75 Å². The molecule has 0 saturated carbocycles. The maximum Gasteiger partial charge on any atom is 0.213 e. The molecule has 1 aromatic rings. The van der Waals surface area contributed by atoms with Gasteiger partial charge in [0.2, 0.25) is 10.0 Å². The number of hydrogen-bond donors (Lipinski definition) is 0. The van der Waals surface area contributed by atoms with Crippen molar-refractivity contribution < 1.29 is 8.42 Å². The molecule has 2 heterocycles. The van der Waals surface area contributed by atoms with E-state index in [1.807, 2.05) is 24.3 Å². The average molecular weight is 315 g/mol. The van der Waals surface area contributed by atoms with Crippen LogP contribution in [-0.4, -0.2) is 49.1 Å². The summed E-state index contributed by atoms with van der Waals surface area (Å²) in [5.41, 5.74) is 1.23.